The van der Waals surface area contributed by atoms with Gasteiger partial charge in [0, 0.05) is 55.2 Å². The van der Waals surface area contributed by atoms with Crippen molar-refractivity contribution in [1.82, 2.24) is 30.0 Å². The summed E-state index contributed by atoms with van der Waals surface area (Å²) in [4.78, 5) is 26.7. The minimum Gasteiger partial charge on any atom is -0.674 e. The fourth-order valence-corrected chi connectivity index (χ4v) is 5.78. The van der Waals surface area contributed by atoms with E-state index in [1.54, 1.807) is 36.7 Å². The van der Waals surface area contributed by atoms with Crippen LogP contribution in [0.25, 0.3) is 27.3 Å². The van der Waals surface area contributed by atoms with Crippen molar-refractivity contribution < 1.29 is 22.4 Å². The molecule has 0 aliphatic carbocycles. The Morgan fingerprint density at radius 1 is 0.860 bits per heavy atom. The number of benzene rings is 2. The smallest absolute Gasteiger partial charge is 0.435 e. The second-order valence-electron chi connectivity index (χ2n) is 11.8. The molecular formula is C35H33F4N10O-. The third-order valence-corrected chi connectivity index (χ3v) is 8.28. The summed E-state index contributed by atoms with van der Waals surface area (Å²) < 4.78 is 56.6. The van der Waals surface area contributed by atoms with Crippen molar-refractivity contribution in [2.24, 2.45) is 0 Å². The average Bonchev–Trinajstić information content (AvgIpc) is 3.79. The van der Waals surface area contributed by atoms with Gasteiger partial charge in [0.05, 0.1) is 12.1 Å². The van der Waals surface area contributed by atoms with Gasteiger partial charge in [0.25, 0.3) is 5.91 Å². The highest BCUT2D eigenvalue weighted by Crippen LogP contribution is 2.31. The van der Waals surface area contributed by atoms with Crippen molar-refractivity contribution >= 4 is 44.9 Å². The van der Waals surface area contributed by atoms with Crippen LogP contribution >= 0.6 is 0 Å². The Morgan fingerprint density at radius 2 is 1.48 bits per heavy atom. The highest BCUT2D eigenvalue weighted by Gasteiger charge is 2.39. The lowest BCUT2D eigenvalue weighted by Crippen LogP contribution is -2.25. The van der Waals surface area contributed by atoms with Gasteiger partial charge in [-0.2, -0.15) is 18.3 Å². The molecule has 4 aromatic heterocycles. The van der Waals surface area contributed by atoms with Gasteiger partial charge in [-0.05, 0) is 59.0 Å². The van der Waals surface area contributed by atoms with E-state index in [9.17, 15) is 22.4 Å². The summed E-state index contributed by atoms with van der Waals surface area (Å²) in [6.07, 6.45) is 2.71. The minimum atomic E-state index is -4.85. The van der Waals surface area contributed by atoms with Gasteiger partial charge in [-0.25, -0.2) is 19.3 Å². The fraction of sp³-hybridized carbons (Fsp3) is 0.229. The molecule has 6 aromatic rings. The highest BCUT2D eigenvalue weighted by atomic mass is 19.4. The number of nitrogens with one attached hydrogen (secondary N) is 2. The fourth-order valence-electron chi connectivity index (χ4n) is 5.78. The lowest BCUT2D eigenvalue weighted by atomic mass is 10.1. The molecule has 2 aromatic carbocycles. The number of aromatic nitrogens is 5. The quantitative estimate of drug-likeness (QED) is 0.160. The number of nitrogens with two attached hydrogens (primary N) is 2. The molecule has 0 atom stereocenters. The Hall–Kier alpha value is -5.83. The van der Waals surface area contributed by atoms with E-state index in [4.69, 9.17) is 17.2 Å². The van der Waals surface area contributed by atoms with Gasteiger partial charge in [0.1, 0.15) is 11.6 Å². The van der Waals surface area contributed by atoms with Gasteiger partial charge in [-0.1, -0.05) is 35.9 Å². The largest absolute Gasteiger partial charge is 0.674 e. The third-order valence-electron chi connectivity index (χ3n) is 8.28. The number of nitrogen functional groups attached to an aromatic ring is 2. The number of alkyl halides is 3. The molecular weight excluding hydrogens is 652 g/mol. The molecule has 1 aliphatic rings. The van der Waals surface area contributed by atoms with Crippen molar-refractivity contribution in [3.05, 3.63) is 119 Å². The number of fused-ring (bicyclic) bond motifs is 2. The first-order valence-electron chi connectivity index (χ1n) is 15.7. The Balaban J connectivity index is 0.000000278. The van der Waals surface area contributed by atoms with E-state index in [0.717, 1.165) is 50.8 Å². The van der Waals surface area contributed by atoms with Crippen LogP contribution in [0.15, 0.2) is 79.4 Å². The maximum Gasteiger partial charge on any atom is 0.435 e. The first-order chi connectivity index (χ1) is 24.0. The molecule has 1 aliphatic heterocycles. The molecule has 5 heterocycles. The molecule has 50 heavy (non-hydrogen) atoms. The second-order valence-corrected chi connectivity index (χ2v) is 11.8. The van der Waals surface area contributed by atoms with Crippen LogP contribution in [0.4, 0.5) is 35.0 Å². The lowest BCUT2D eigenvalue weighted by molar-refractivity contribution is -0.141. The first kappa shape index (κ1) is 34.0. The van der Waals surface area contributed by atoms with E-state index in [0.29, 0.717) is 42.4 Å². The zero-order valence-corrected chi connectivity index (χ0v) is 26.7. The molecule has 0 unspecified atom stereocenters. The van der Waals surface area contributed by atoms with Gasteiger partial charge < -0.3 is 27.4 Å². The minimum absolute atomic E-state index is 0.00737. The van der Waals surface area contributed by atoms with Crippen LogP contribution < -0.4 is 21.7 Å². The van der Waals surface area contributed by atoms with Crippen LogP contribution in [-0.2, 0) is 25.8 Å². The number of rotatable bonds is 7. The summed E-state index contributed by atoms with van der Waals surface area (Å²) in [7, 11) is 0. The summed E-state index contributed by atoms with van der Waals surface area (Å²) in [6.45, 7) is 1.53. The van der Waals surface area contributed by atoms with Crippen molar-refractivity contribution in [1.29, 1.82) is 0 Å². The van der Waals surface area contributed by atoms with Crippen LogP contribution in [0.3, 0.4) is 0 Å². The number of carbonyl (C=O) groups excluding carboxylic acids is 1. The van der Waals surface area contributed by atoms with Crippen LogP contribution in [-0.4, -0.2) is 43.7 Å². The van der Waals surface area contributed by atoms with Gasteiger partial charge in [0.2, 0.25) is 0 Å². The molecule has 6 N–H and O–H groups in total. The molecule has 1 fully saturated rings. The molecule has 0 spiro atoms. The van der Waals surface area contributed by atoms with Crippen molar-refractivity contribution in [2.45, 2.75) is 38.7 Å². The number of anilines is 3. The van der Waals surface area contributed by atoms with Gasteiger partial charge in [0.15, 0.2) is 17.3 Å². The molecule has 1 saturated heterocycles. The number of halogens is 4. The highest BCUT2D eigenvalue weighted by molar-refractivity contribution is 5.95. The summed E-state index contributed by atoms with van der Waals surface area (Å²) in [5, 5.41) is 9.63. The molecule has 0 radical (unpaired) electrons. The van der Waals surface area contributed by atoms with Crippen molar-refractivity contribution in [3.8, 4) is 0 Å². The monoisotopic (exact) mass is 685 g/mol. The number of hydrogen-bond acceptors (Lipinski definition) is 8. The molecule has 11 nitrogen and oxygen atoms in total. The molecule has 15 heteroatoms. The van der Waals surface area contributed by atoms with E-state index >= 15 is 0 Å². The summed E-state index contributed by atoms with van der Waals surface area (Å²) in [5.74, 6) is -0.342. The predicted molar refractivity (Wildman–Crippen MR) is 183 cm³/mol. The second kappa shape index (κ2) is 14.3. The third kappa shape index (κ3) is 7.57. The molecule has 7 rings (SSSR count). The van der Waals surface area contributed by atoms with Crippen LogP contribution in [0, 0.1) is 5.82 Å². The standard InChI is InChI=1S/C25H23F4N7O.C10H10N3/c26-20-10-16(12-32-23(20)35-7-1-2-8-35)13-36-14-19(21(34-36)25(27,28)29)24(37)33-11-15-3-4-18-17(9-15)5-6-31-22(18)30;11-6-7-1-2-9-8(5-7)3-4-13-10(9)12/h3-6,9-10,12,14H,1-2,7-8,11,13H2,(H2,30,31)(H,33,37);1-5,11H,6H2,(H2,12,13)/q;-1. The summed E-state index contributed by atoms with van der Waals surface area (Å²) in [6, 6.07) is 15.9. The van der Waals surface area contributed by atoms with E-state index in [1.807, 2.05) is 29.2 Å². The Bertz CT molecular complexity index is 2160. The molecule has 1 amide bonds. The van der Waals surface area contributed by atoms with E-state index in [2.05, 4.69) is 25.4 Å². The number of amides is 1. The van der Waals surface area contributed by atoms with E-state index < -0.39 is 29.2 Å². The zero-order chi connectivity index (χ0) is 35.4. The van der Waals surface area contributed by atoms with Crippen molar-refractivity contribution in [3.63, 3.8) is 0 Å². The van der Waals surface area contributed by atoms with E-state index in [1.165, 1.54) is 12.3 Å². The van der Waals surface area contributed by atoms with Crippen LogP contribution in [0.1, 0.15) is 45.6 Å². The maximum atomic E-state index is 14.6. The predicted octanol–water partition coefficient (Wildman–Crippen LogP) is 6.51. The molecule has 0 bridgehead atoms. The maximum absolute atomic E-state index is 14.6. The van der Waals surface area contributed by atoms with Gasteiger partial charge in [-0.3, -0.25) is 9.48 Å². The average molecular weight is 686 g/mol. The molecule has 0 saturated carbocycles. The first-order valence-corrected chi connectivity index (χ1v) is 15.7. The van der Waals surface area contributed by atoms with Crippen molar-refractivity contribution in [2.75, 3.05) is 29.5 Å². The van der Waals surface area contributed by atoms with Gasteiger partial charge in [-0.15, -0.1) is 6.54 Å². The Labute approximate surface area is 284 Å². The Morgan fingerprint density at radius 3 is 2.08 bits per heavy atom. The molecule has 258 valence electrons. The summed E-state index contributed by atoms with van der Waals surface area (Å²) >= 11 is 0. The lowest BCUT2D eigenvalue weighted by Gasteiger charge is -2.17. The summed E-state index contributed by atoms with van der Waals surface area (Å²) in [5.41, 5.74) is 18.8. The Kier molecular flexibility index (Phi) is 9.76. The zero-order valence-electron chi connectivity index (χ0n) is 26.7. The van der Waals surface area contributed by atoms with E-state index in [-0.39, 0.29) is 18.9 Å². The SMILES string of the molecule is Nc1nccc2cc(CNC(=O)c3cn(Cc4cnc(N5CCCC5)c(F)c4)nc3C(F)(F)F)ccc12.[NH-]Cc1ccc2c(N)nccc2c1. The number of pyridine rings is 3. The van der Waals surface area contributed by atoms with Gasteiger partial charge >= 0.3 is 6.18 Å². The van der Waals surface area contributed by atoms with Crippen LogP contribution in [0.5, 0.6) is 0 Å². The van der Waals surface area contributed by atoms with Crippen LogP contribution in [0.2, 0.25) is 0 Å². The number of nitrogens with zero attached hydrogens (tertiary/aromatic N) is 6. The topological polar surface area (TPSA) is 165 Å². The number of carbonyl (C=O) groups is 1. The number of hydrogen-bond donors (Lipinski definition) is 3. The normalized spacial score (nSPS) is 13.0.